The highest BCUT2D eigenvalue weighted by molar-refractivity contribution is 5.28. The van der Waals surface area contributed by atoms with E-state index in [1.54, 1.807) is 0 Å². The van der Waals surface area contributed by atoms with Crippen LogP contribution >= 0.6 is 0 Å². The maximum absolute atomic E-state index is 6.78. The number of rotatable bonds is 3. The Morgan fingerprint density at radius 3 is 2.65 bits per heavy atom. The van der Waals surface area contributed by atoms with Crippen LogP contribution in [0.4, 0.5) is 0 Å². The van der Waals surface area contributed by atoms with Gasteiger partial charge in [0, 0.05) is 5.92 Å². The fraction of sp³-hybridized carbons (Fsp3) is 0.545. The van der Waals surface area contributed by atoms with Crippen molar-refractivity contribution in [1.29, 1.82) is 0 Å². The van der Waals surface area contributed by atoms with Crippen molar-refractivity contribution in [2.75, 3.05) is 0 Å². The number of hydrogen-bond donors (Lipinski definition) is 0. The van der Waals surface area contributed by atoms with Gasteiger partial charge in [-0.2, -0.15) is 0 Å². The van der Waals surface area contributed by atoms with E-state index < -0.39 is 0 Å². The molecule has 0 spiro atoms. The Hall–Kier alpha value is -1.34. The van der Waals surface area contributed by atoms with E-state index in [-0.39, 0.29) is 11.7 Å². The summed E-state index contributed by atoms with van der Waals surface area (Å²) in [6.45, 7) is 13.2. The second kappa shape index (κ2) is 6.28. The topological polar surface area (TPSA) is 9.23 Å². The van der Waals surface area contributed by atoms with Crippen LogP contribution in [-0.4, -0.2) is 5.60 Å². The minimum Gasteiger partial charge on any atom is -0.366 e. The van der Waals surface area contributed by atoms with Gasteiger partial charge < -0.3 is 4.74 Å². The third-order valence-electron chi connectivity index (χ3n) is 5.82. The molecule has 0 aromatic heterocycles. The Bertz CT molecular complexity index is 605. The van der Waals surface area contributed by atoms with Crippen LogP contribution in [0.15, 0.2) is 48.1 Å². The minimum absolute atomic E-state index is 0.0516. The van der Waals surface area contributed by atoms with Crippen molar-refractivity contribution in [1.82, 2.24) is 0 Å². The highest BCUT2D eigenvalue weighted by Crippen LogP contribution is 2.53. The quantitative estimate of drug-likeness (QED) is 0.608. The van der Waals surface area contributed by atoms with E-state index in [1.807, 2.05) is 0 Å². The normalized spacial score (nSPS) is 33.4. The van der Waals surface area contributed by atoms with Crippen LogP contribution in [0.25, 0.3) is 0 Å². The molecule has 1 aromatic rings. The minimum atomic E-state index is -0.0516. The summed E-state index contributed by atoms with van der Waals surface area (Å²) in [6.07, 6.45) is 7.13. The highest BCUT2D eigenvalue weighted by Gasteiger charge is 2.48. The van der Waals surface area contributed by atoms with Crippen molar-refractivity contribution in [3.8, 4) is 0 Å². The van der Waals surface area contributed by atoms with Gasteiger partial charge in [-0.05, 0) is 64.9 Å². The Morgan fingerprint density at radius 1 is 1.30 bits per heavy atom. The molecule has 1 aliphatic carbocycles. The third-order valence-corrected chi connectivity index (χ3v) is 5.82. The van der Waals surface area contributed by atoms with Gasteiger partial charge in [-0.1, -0.05) is 53.6 Å². The predicted molar refractivity (Wildman–Crippen MR) is 97.4 cm³/mol. The molecule has 2 bridgehead atoms. The molecule has 124 valence electrons. The summed E-state index contributed by atoms with van der Waals surface area (Å²) in [5, 5.41) is 0. The number of fused-ring (bicyclic) bond motifs is 2. The van der Waals surface area contributed by atoms with Crippen molar-refractivity contribution in [2.24, 2.45) is 11.8 Å². The molecule has 1 heteroatoms. The fourth-order valence-electron chi connectivity index (χ4n) is 4.17. The summed E-state index contributed by atoms with van der Waals surface area (Å²) in [5.41, 5.74) is 5.33. The Kier molecular flexibility index (Phi) is 4.51. The van der Waals surface area contributed by atoms with E-state index in [0.29, 0.717) is 11.8 Å². The van der Waals surface area contributed by atoms with E-state index in [9.17, 15) is 0 Å². The zero-order valence-corrected chi connectivity index (χ0v) is 15.1. The fourth-order valence-corrected chi connectivity index (χ4v) is 4.17. The van der Waals surface area contributed by atoms with Gasteiger partial charge in [0.2, 0.25) is 0 Å². The van der Waals surface area contributed by atoms with Crippen LogP contribution in [0.1, 0.15) is 63.7 Å². The van der Waals surface area contributed by atoms with Gasteiger partial charge in [0.05, 0.1) is 11.7 Å². The van der Waals surface area contributed by atoms with E-state index in [0.717, 1.165) is 12.8 Å². The smallest absolute Gasteiger partial charge is 0.0897 e. The third kappa shape index (κ3) is 3.30. The van der Waals surface area contributed by atoms with Crippen molar-refractivity contribution < 1.29 is 4.74 Å². The predicted octanol–water partition coefficient (Wildman–Crippen LogP) is 6.15. The van der Waals surface area contributed by atoms with Gasteiger partial charge in [0.25, 0.3) is 0 Å². The second-order valence-corrected chi connectivity index (χ2v) is 7.98. The summed E-state index contributed by atoms with van der Waals surface area (Å²) >= 11 is 0. The molecule has 0 radical (unpaired) electrons. The first-order chi connectivity index (χ1) is 10.9. The summed E-state index contributed by atoms with van der Waals surface area (Å²) in [4.78, 5) is 0. The Morgan fingerprint density at radius 2 is 2.00 bits per heavy atom. The summed E-state index contributed by atoms with van der Waals surface area (Å²) < 4.78 is 6.78. The lowest BCUT2D eigenvalue weighted by Gasteiger charge is -2.52. The maximum Gasteiger partial charge on any atom is 0.0897 e. The lowest BCUT2D eigenvalue weighted by Crippen LogP contribution is -2.48. The van der Waals surface area contributed by atoms with Gasteiger partial charge in [0.1, 0.15) is 0 Å². The van der Waals surface area contributed by atoms with Gasteiger partial charge in [-0.3, -0.25) is 0 Å². The molecule has 3 rings (SSSR count). The summed E-state index contributed by atoms with van der Waals surface area (Å²) in [6, 6.07) is 8.88. The van der Waals surface area contributed by atoms with Crippen LogP contribution in [0.2, 0.25) is 0 Å². The number of hydrogen-bond acceptors (Lipinski definition) is 1. The molecule has 1 heterocycles. The zero-order chi connectivity index (χ0) is 16.6. The molecule has 4 atom stereocenters. The molecular weight excluding hydrogens is 280 g/mol. The summed E-state index contributed by atoms with van der Waals surface area (Å²) in [5.74, 6) is 1.13. The van der Waals surface area contributed by atoms with Crippen LogP contribution in [0.5, 0.6) is 0 Å². The molecule has 2 fully saturated rings. The SMILES string of the molecule is C=C1CC[C@H]2C[C@@H]1[C@H](c1ccc(C)cc1)O[C@@]2(C)CC=C(C)C. The van der Waals surface area contributed by atoms with Crippen molar-refractivity contribution in [3.63, 3.8) is 0 Å². The molecule has 2 aliphatic rings. The lowest BCUT2D eigenvalue weighted by molar-refractivity contribution is -0.181. The van der Waals surface area contributed by atoms with Crippen LogP contribution in [0.3, 0.4) is 0 Å². The van der Waals surface area contributed by atoms with Gasteiger partial charge >= 0.3 is 0 Å². The van der Waals surface area contributed by atoms with Crippen molar-refractivity contribution in [2.45, 2.75) is 65.1 Å². The molecule has 1 saturated carbocycles. The van der Waals surface area contributed by atoms with E-state index in [2.05, 4.69) is 64.6 Å². The van der Waals surface area contributed by atoms with Gasteiger partial charge in [-0.25, -0.2) is 0 Å². The average molecular weight is 310 g/mol. The molecule has 1 aromatic carbocycles. The van der Waals surface area contributed by atoms with Crippen LogP contribution < -0.4 is 0 Å². The van der Waals surface area contributed by atoms with E-state index in [4.69, 9.17) is 4.74 Å². The molecule has 23 heavy (non-hydrogen) atoms. The molecule has 1 nitrogen and oxygen atoms in total. The molecule has 1 saturated heterocycles. The molecular formula is C22H30O. The standard InChI is InChI=1S/C22H30O/c1-15(2)12-13-22(5)19-11-8-17(4)20(14-19)21(23-22)18-9-6-16(3)7-10-18/h6-7,9-10,12,19-21H,4,8,11,13-14H2,1-3,5H3/t19-,20-,21-,22-/m0/s1. The van der Waals surface area contributed by atoms with Crippen molar-refractivity contribution in [3.05, 3.63) is 59.2 Å². The number of aryl methyl sites for hydroxylation is 1. The second-order valence-electron chi connectivity index (χ2n) is 7.98. The molecule has 0 amide bonds. The molecule has 1 aliphatic heterocycles. The van der Waals surface area contributed by atoms with Gasteiger partial charge in [-0.15, -0.1) is 0 Å². The number of ether oxygens (including phenoxy) is 1. The average Bonchev–Trinajstić information content (AvgIpc) is 2.52. The first kappa shape index (κ1) is 16.5. The first-order valence-electron chi connectivity index (χ1n) is 8.94. The number of allylic oxidation sites excluding steroid dienone is 1. The zero-order valence-electron chi connectivity index (χ0n) is 15.1. The molecule has 0 unspecified atom stereocenters. The first-order valence-corrected chi connectivity index (χ1v) is 8.94. The van der Waals surface area contributed by atoms with Crippen LogP contribution in [0, 0.1) is 18.8 Å². The summed E-state index contributed by atoms with van der Waals surface area (Å²) in [7, 11) is 0. The monoisotopic (exact) mass is 310 g/mol. The largest absolute Gasteiger partial charge is 0.366 e. The highest BCUT2D eigenvalue weighted by atomic mass is 16.5. The lowest BCUT2D eigenvalue weighted by atomic mass is 9.65. The van der Waals surface area contributed by atoms with Crippen LogP contribution in [-0.2, 0) is 4.74 Å². The Labute approximate surface area is 141 Å². The Balaban J connectivity index is 1.92. The number of benzene rings is 1. The molecule has 0 N–H and O–H groups in total. The van der Waals surface area contributed by atoms with Crippen molar-refractivity contribution >= 4 is 0 Å². The van der Waals surface area contributed by atoms with E-state index >= 15 is 0 Å². The van der Waals surface area contributed by atoms with E-state index in [1.165, 1.54) is 35.1 Å². The maximum atomic E-state index is 6.78. The van der Waals surface area contributed by atoms with Gasteiger partial charge in [0.15, 0.2) is 0 Å².